The van der Waals surface area contributed by atoms with Crippen molar-refractivity contribution in [2.75, 3.05) is 0 Å². The number of ketones is 1. The first kappa shape index (κ1) is 28.2. The Morgan fingerprint density at radius 2 is 1.76 bits per heavy atom. The van der Waals surface area contributed by atoms with Gasteiger partial charge in [-0.1, -0.05) is 89.3 Å². The van der Waals surface area contributed by atoms with Crippen LogP contribution in [0.4, 0.5) is 0 Å². The van der Waals surface area contributed by atoms with E-state index in [1.165, 1.54) is 13.0 Å². The number of Topliss-reactive ketones (excluding diaryl/α,β-unsaturated/α-hetero) is 1. The molecule has 0 saturated carbocycles. The van der Waals surface area contributed by atoms with Crippen molar-refractivity contribution in [1.29, 1.82) is 0 Å². The first-order valence-electron chi connectivity index (χ1n) is 12.4. The molecule has 0 amide bonds. The van der Waals surface area contributed by atoms with Gasteiger partial charge in [0.05, 0.1) is 6.10 Å². The van der Waals surface area contributed by atoms with Crippen molar-refractivity contribution >= 4 is 20.1 Å². The molecule has 7 heteroatoms. The lowest BCUT2D eigenvalue weighted by atomic mass is 9.81. The Morgan fingerprint density at radius 1 is 1.15 bits per heavy atom. The summed E-state index contributed by atoms with van der Waals surface area (Å²) in [6, 6.07) is 11.9. The number of ether oxygens (including phenoxy) is 1. The van der Waals surface area contributed by atoms with Crippen molar-refractivity contribution in [1.82, 2.24) is 0 Å². The fourth-order valence-electron chi connectivity index (χ4n) is 4.40. The SMILES string of the molecule is CC/C=C/C=C/C(O)C(C)C(=O)[C@]1(O)C(=O)O[C@H](Cc2ccccc2)[C@@H]1O[Si](CC)(CC)CC. The summed E-state index contributed by atoms with van der Waals surface area (Å²) in [5.41, 5.74) is -1.55. The third-order valence-corrected chi connectivity index (χ3v) is 11.6. The maximum atomic E-state index is 13.5. The molecule has 0 spiro atoms. The summed E-state index contributed by atoms with van der Waals surface area (Å²) in [5, 5.41) is 22.2. The summed E-state index contributed by atoms with van der Waals surface area (Å²) < 4.78 is 12.2. The molecule has 2 unspecified atom stereocenters. The Balaban J connectivity index is 2.42. The minimum Gasteiger partial charge on any atom is -0.457 e. The van der Waals surface area contributed by atoms with Gasteiger partial charge in [0.2, 0.25) is 5.60 Å². The lowest BCUT2D eigenvalue weighted by Crippen LogP contribution is -2.60. The average molecular weight is 489 g/mol. The highest BCUT2D eigenvalue weighted by atomic mass is 28.4. The van der Waals surface area contributed by atoms with E-state index >= 15 is 0 Å². The zero-order chi connectivity index (χ0) is 25.4. The fraction of sp³-hybridized carbons (Fsp3) is 0.556. The molecule has 5 atom stereocenters. The summed E-state index contributed by atoms with van der Waals surface area (Å²) in [4.78, 5) is 26.6. The predicted molar refractivity (Wildman–Crippen MR) is 136 cm³/mol. The van der Waals surface area contributed by atoms with Crippen LogP contribution in [-0.4, -0.2) is 54.2 Å². The Labute approximate surface area is 204 Å². The number of carbonyl (C=O) groups is 2. The monoisotopic (exact) mass is 488 g/mol. The molecule has 0 bridgehead atoms. The summed E-state index contributed by atoms with van der Waals surface area (Å²) >= 11 is 0. The van der Waals surface area contributed by atoms with Crippen LogP contribution in [-0.2, 0) is 25.2 Å². The van der Waals surface area contributed by atoms with Crippen molar-refractivity contribution < 1.29 is 29.0 Å². The van der Waals surface area contributed by atoms with Gasteiger partial charge in [0, 0.05) is 12.3 Å². The summed E-state index contributed by atoms with van der Waals surface area (Å²) in [6.45, 7) is 9.64. The van der Waals surface area contributed by atoms with Gasteiger partial charge in [0.25, 0.3) is 0 Å². The Bertz CT molecular complexity index is 855. The molecule has 1 heterocycles. The Kier molecular flexibility index (Phi) is 10.4. The third kappa shape index (κ3) is 6.13. The highest BCUT2D eigenvalue weighted by molar-refractivity contribution is 6.73. The van der Waals surface area contributed by atoms with Gasteiger partial charge in [-0.3, -0.25) is 4.79 Å². The molecule has 2 N–H and O–H groups in total. The quantitative estimate of drug-likeness (QED) is 0.185. The maximum absolute atomic E-state index is 13.5. The molecule has 0 radical (unpaired) electrons. The van der Waals surface area contributed by atoms with E-state index < -0.39 is 49.9 Å². The second kappa shape index (κ2) is 12.6. The van der Waals surface area contributed by atoms with Gasteiger partial charge >= 0.3 is 5.97 Å². The third-order valence-electron chi connectivity index (χ3n) is 7.00. The first-order chi connectivity index (χ1) is 16.2. The number of aliphatic hydroxyl groups is 2. The number of esters is 1. The van der Waals surface area contributed by atoms with Crippen LogP contribution in [0.1, 0.15) is 46.6 Å². The number of hydrogen-bond donors (Lipinski definition) is 2. The van der Waals surface area contributed by atoms with E-state index in [9.17, 15) is 19.8 Å². The summed E-state index contributed by atoms with van der Waals surface area (Å²) in [7, 11) is -2.33. The van der Waals surface area contributed by atoms with E-state index in [4.69, 9.17) is 9.16 Å². The van der Waals surface area contributed by atoms with Crippen LogP contribution in [0.3, 0.4) is 0 Å². The highest BCUT2D eigenvalue weighted by Crippen LogP contribution is 2.38. The van der Waals surface area contributed by atoms with Crippen molar-refractivity contribution in [3.05, 3.63) is 60.2 Å². The first-order valence-corrected chi connectivity index (χ1v) is 14.9. The largest absolute Gasteiger partial charge is 0.457 e. The van der Waals surface area contributed by atoms with Crippen LogP contribution in [0.15, 0.2) is 54.6 Å². The maximum Gasteiger partial charge on any atom is 0.349 e. The zero-order valence-corrected chi connectivity index (χ0v) is 22.1. The van der Waals surface area contributed by atoms with Crippen LogP contribution >= 0.6 is 0 Å². The lowest BCUT2D eigenvalue weighted by molar-refractivity contribution is -0.166. The molecule has 0 aromatic heterocycles. The Morgan fingerprint density at radius 3 is 2.32 bits per heavy atom. The zero-order valence-electron chi connectivity index (χ0n) is 21.1. The topological polar surface area (TPSA) is 93.1 Å². The van der Waals surface area contributed by atoms with Gasteiger partial charge in [0.15, 0.2) is 14.1 Å². The summed E-state index contributed by atoms with van der Waals surface area (Å²) in [6.07, 6.45) is 4.93. The van der Waals surface area contributed by atoms with Crippen molar-refractivity contribution in [3.63, 3.8) is 0 Å². The number of benzene rings is 1. The van der Waals surface area contributed by atoms with Gasteiger partial charge < -0.3 is 19.4 Å². The standard InChI is InChI=1S/C27H40O6Si/c1-6-10-11-15-18-22(28)20(5)24(29)27(31)25(33-34(7-2,8-3)9-4)23(32-26(27)30)19-21-16-13-12-14-17-21/h10-18,20,22-23,25,28,31H,6-9,19H2,1-5H3/b11-10+,18-15+/t20?,22?,23-,25+,27-/m1/s1. The molecule has 1 aromatic rings. The van der Waals surface area contributed by atoms with Crippen molar-refractivity contribution in [3.8, 4) is 0 Å². The molecule has 0 aliphatic carbocycles. The molecule has 1 aliphatic heterocycles. The van der Waals surface area contributed by atoms with Gasteiger partial charge in [0.1, 0.15) is 12.2 Å². The second-order valence-corrected chi connectivity index (χ2v) is 13.8. The van der Waals surface area contributed by atoms with E-state index in [2.05, 4.69) is 0 Å². The van der Waals surface area contributed by atoms with E-state index in [0.29, 0.717) is 6.42 Å². The van der Waals surface area contributed by atoms with Gasteiger partial charge in [-0.05, 0) is 30.1 Å². The number of aliphatic hydroxyl groups excluding tert-OH is 1. The van der Waals surface area contributed by atoms with Crippen LogP contribution in [0.5, 0.6) is 0 Å². The normalized spacial score (nSPS) is 25.1. The smallest absolute Gasteiger partial charge is 0.349 e. The van der Waals surface area contributed by atoms with Crippen molar-refractivity contribution in [2.45, 2.75) is 89.5 Å². The van der Waals surface area contributed by atoms with E-state index in [1.807, 2.05) is 64.1 Å². The molecule has 1 aliphatic rings. The molecular weight excluding hydrogens is 448 g/mol. The minimum absolute atomic E-state index is 0.326. The molecule has 1 aromatic carbocycles. The average Bonchev–Trinajstić information content (AvgIpc) is 3.09. The van der Waals surface area contributed by atoms with Crippen LogP contribution in [0, 0.1) is 5.92 Å². The lowest BCUT2D eigenvalue weighted by Gasteiger charge is -2.37. The highest BCUT2D eigenvalue weighted by Gasteiger charge is 2.64. The molecule has 1 saturated heterocycles. The van der Waals surface area contributed by atoms with Gasteiger partial charge in [-0.25, -0.2) is 4.79 Å². The van der Waals surface area contributed by atoms with Crippen LogP contribution in [0.2, 0.25) is 18.1 Å². The molecular formula is C27H40O6Si. The van der Waals surface area contributed by atoms with Crippen LogP contribution in [0.25, 0.3) is 0 Å². The fourth-order valence-corrected chi connectivity index (χ4v) is 7.26. The number of allylic oxidation sites excluding steroid dienone is 3. The van der Waals surface area contributed by atoms with Crippen molar-refractivity contribution in [2.24, 2.45) is 5.92 Å². The number of carbonyl (C=O) groups excluding carboxylic acids is 2. The summed E-state index contributed by atoms with van der Waals surface area (Å²) in [5.74, 6) is -2.80. The second-order valence-electron chi connectivity index (χ2n) is 9.05. The minimum atomic E-state index is -2.47. The molecule has 6 nitrogen and oxygen atoms in total. The van der Waals surface area contributed by atoms with E-state index in [-0.39, 0.29) is 0 Å². The number of rotatable bonds is 13. The molecule has 188 valence electrons. The molecule has 2 rings (SSSR count). The van der Waals surface area contributed by atoms with E-state index in [1.54, 1.807) is 12.2 Å². The number of hydrogen-bond acceptors (Lipinski definition) is 6. The van der Waals surface area contributed by atoms with Gasteiger partial charge in [-0.15, -0.1) is 0 Å². The predicted octanol–water partition coefficient (Wildman–Crippen LogP) is 4.36. The Hall–Kier alpha value is -2.06. The van der Waals surface area contributed by atoms with Gasteiger partial charge in [-0.2, -0.15) is 0 Å². The number of cyclic esters (lactones) is 1. The van der Waals surface area contributed by atoms with Crippen LogP contribution < -0.4 is 0 Å². The molecule has 1 fully saturated rings. The van der Waals surface area contributed by atoms with E-state index in [0.717, 1.165) is 30.1 Å². The molecule has 34 heavy (non-hydrogen) atoms.